The highest BCUT2D eigenvalue weighted by molar-refractivity contribution is 5.73. The Labute approximate surface area is 162 Å². The van der Waals surface area contributed by atoms with E-state index in [0.29, 0.717) is 18.5 Å². The van der Waals surface area contributed by atoms with E-state index in [0.717, 1.165) is 11.1 Å². The number of amides is 1. The van der Waals surface area contributed by atoms with Crippen LogP contribution in [0.5, 0.6) is 0 Å². The van der Waals surface area contributed by atoms with Crippen LogP contribution in [0.25, 0.3) is 0 Å². The number of nitrogens with one attached hydrogen (secondary N) is 1. The number of nitrogen functional groups attached to an aromatic ring is 1. The SMILES string of the molecule is Cc1ccc(N)cc1CC[C@@H](CC(=O)OC(C)(C)C)NC(=O)OC(C)(C)C. The molecule has 1 rings (SSSR count). The van der Waals surface area contributed by atoms with E-state index in [4.69, 9.17) is 15.2 Å². The van der Waals surface area contributed by atoms with Crippen molar-refractivity contribution < 1.29 is 19.1 Å². The molecule has 6 heteroatoms. The normalized spacial score (nSPS) is 13.0. The first-order chi connectivity index (χ1) is 12.2. The van der Waals surface area contributed by atoms with Gasteiger partial charge in [0, 0.05) is 11.7 Å². The van der Waals surface area contributed by atoms with Gasteiger partial charge in [-0.3, -0.25) is 4.79 Å². The van der Waals surface area contributed by atoms with E-state index >= 15 is 0 Å². The zero-order valence-electron chi connectivity index (χ0n) is 17.6. The largest absolute Gasteiger partial charge is 0.460 e. The lowest BCUT2D eigenvalue weighted by atomic mass is 9.99. The lowest BCUT2D eigenvalue weighted by molar-refractivity contribution is -0.155. The van der Waals surface area contributed by atoms with Crippen molar-refractivity contribution >= 4 is 17.7 Å². The summed E-state index contributed by atoms with van der Waals surface area (Å²) in [4.78, 5) is 24.4. The second-order valence-electron chi connectivity index (χ2n) is 8.86. The number of anilines is 1. The zero-order chi connectivity index (χ0) is 20.8. The van der Waals surface area contributed by atoms with Crippen LogP contribution in [0.1, 0.15) is 65.5 Å². The fraction of sp³-hybridized carbons (Fsp3) is 0.619. The first kappa shape index (κ1) is 22.8. The van der Waals surface area contributed by atoms with Crippen molar-refractivity contribution in [1.29, 1.82) is 0 Å². The molecule has 0 aliphatic carbocycles. The quantitative estimate of drug-likeness (QED) is 0.573. The maximum absolute atomic E-state index is 12.2. The number of benzene rings is 1. The predicted molar refractivity (Wildman–Crippen MR) is 108 cm³/mol. The fourth-order valence-corrected chi connectivity index (χ4v) is 2.57. The second-order valence-corrected chi connectivity index (χ2v) is 8.86. The summed E-state index contributed by atoms with van der Waals surface area (Å²) >= 11 is 0. The summed E-state index contributed by atoms with van der Waals surface area (Å²) in [6.07, 6.45) is 0.793. The number of carbonyl (C=O) groups excluding carboxylic acids is 2. The number of ether oxygens (including phenoxy) is 2. The number of rotatable bonds is 6. The molecule has 1 aromatic carbocycles. The number of nitrogens with two attached hydrogens (primary N) is 1. The minimum absolute atomic E-state index is 0.0812. The first-order valence-electron chi connectivity index (χ1n) is 9.31. The summed E-state index contributed by atoms with van der Waals surface area (Å²) in [6.45, 7) is 12.9. The van der Waals surface area contributed by atoms with Gasteiger partial charge in [0.1, 0.15) is 11.2 Å². The topological polar surface area (TPSA) is 90.7 Å². The molecule has 0 saturated heterocycles. The van der Waals surface area contributed by atoms with Gasteiger partial charge in [-0.25, -0.2) is 4.79 Å². The highest BCUT2D eigenvalue weighted by Crippen LogP contribution is 2.18. The minimum atomic E-state index is -0.606. The van der Waals surface area contributed by atoms with E-state index in [1.807, 2.05) is 45.9 Å². The Kier molecular flexibility index (Phi) is 7.69. The number of hydrogen-bond donors (Lipinski definition) is 2. The highest BCUT2D eigenvalue weighted by atomic mass is 16.6. The zero-order valence-corrected chi connectivity index (χ0v) is 17.6. The number of alkyl carbamates (subject to hydrolysis) is 1. The van der Waals surface area contributed by atoms with Crippen LogP contribution in [0, 0.1) is 6.92 Å². The van der Waals surface area contributed by atoms with Gasteiger partial charge in [0.15, 0.2) is 0 Å². The Hall–Kier alpha value is -2.24. The monoisotopic (exact) mass is 378 g/mol. The molecule has 1 amide bonds. The predicted octanol–water partition coefficient (Wildman–Crippen LogP) is 4.13. The molecular weight excluding hydrogens is 344 g/mol. The van der Waals surface area contributed by atoms with Crippen LogP contribution in [0.15, 0.2) is 18.2 Å². The smallest absolute Gasteiger partial charge is 0.407 e. The van der Waals surface area contributed by atoms with E-state index in [-0.39, 0.29) is 12.4 Å². The van der Waals surface area contributed by atoms with Gasteiger partial charge in [-0.05, 0) is 84.6 Å². The van der Waals surface area contributed by atoms with Gasteiger partial charge in [0.25, 0.3) is 0 Å². The lowest BCUT2D eigenvalue weighted by Crippen LogP contribution is -2.41. The van der Waals surface area contributed by atoms with E-state index < -0.39 is 23.3 Å². The van der Waals surface area contributed by atoms with Crippen LogP contribution in [0.4, 0.5) is 10.5 Å². The van der Waals surface area contributed by atoms with E-state index in [1.165, 1.54) is 0 Å². The average molecular weight is 379 g/mol. The Morgan fingerprint density at radius 3 is 2.22 bits per heavy atom. The molecule has 0 radical (unpaired) electrons. The van der Waals surface area contributed by atoms with E-state index in [2.05, 4.69) is 5.32 Å². The molecule has 0 aliphatic rings. The molecule has 27 heavy (non-hydrogen) atoms. The van der Waals surface area contributed by atoms with Crippen LogP contribution >= 0.6 is 0 Å². The first-order valence-corrected chi connectivity index (χ1v) is 9.31. The van der Waals surface area contributed by atoms with Crippen LogP contribution in [-0.4, -0.2) is 29.3 Å². The highest BCUT2D eigenvalue weighted by Gasteiger charge is 2.24. The van der Waals surface area contributed by atoms with Gasteiger partial charge in [0.05, 0.1) is 6.42 Å². The molecule has 0 aromatic heterocycles. The molecule has 152 valence electrons. The fourth-order valence-electron chi connectivity index (χ4n) is 2.57. The van der Waals surface area contributed by atoms with Gasteiger partial charge >= 0.3 is 12.1 Å². The molecule has 1 aromatic rings. The Bertz CT molecular complexity index is 627. The van der Waals surface area contributed by atoms with Crippen molar-refractivity contribution in [3.05, 3.63) is 29.3 Å². The van der Waals surface area contributed by atoms with Gasteiger partial charge < -0.3 is 20.5 Å². The van der Waals surface area contributed by atoms with Gasteiger partial charge in [-0.2, -0.15) is 0 Å². The summed E-state index contributed by atoms with van der Waals surface area (Å²) in [5.74, 6) is -0.354. The van der Waals surface area contributed by atoms with E-state index in [9.17, 15) is 9.59 Å². The summed E-state index contributed by atoms with van der Waals surface area (Å²) in [5, 5.41) is 2.80. The van der Waals surface area contributed by atoms with Crippen molar-refractivity contribution in [3.8, 4) is 0 Å². The van der Waals surface area contributed by atoms with E-state index in [1.54, 1.807) is 20.8 Å². The number of esters is 1. The average Bonchev–Trinajstić information content (AvgIpc) is 2.43. The molecule has 0 bridgehead atoms. The third-order valence-corrected chi connectivity index (χ3v) is 3.69. The molecule has 0 heterocycles. The summed E-state index contributed by atoms with van der Waals surface area (Å²) in [6, 6.07) is 5.36. The van der Waals surface area contributed by atoms with Crippen LogP contribution in [0.3, 0.4) is 0 Å². The van der Waals surface area contributed by atoms with Crippen LogP contribution in [-0.2, 0) is 20.7 Å². The third-order valence-electron chi connectivity index (χ3n) is 3.69. The molecule has 6 nitrogen and oxygen atoms in total. The molecule has 0 fully saturated rings. The Morgan fingerprint density at radius 2 is 1.67 bits per heavy atom. The summed E-state index contributed by atoms with van der Waals surface area (Å²) in [7, 11) is 0. The van der Waals surface area contributed by atoms with Crippen LogP contribution in [0.2, 0.25) is 0 Å². The summed E-state index contributed by atoms with van der Waals surface area (Å²) in [5.41, 5.74) is 7.60. The lowest BCUT2D eigenvalue weighted by Gasteiger charge is -2.25. The standard InChI is InChI=1S/C21H34N2O4/c1-14-8-10-16(22)12-15(14)9-11-17(13-18(24)26-20(2,3)4)23-19(25)27-21(5,6)7/h8,10,12,17H,9,11,13,22H2,1-7H3,(H,23,25)/t17-/m0/s1. The number of carbonyl (C=O) groups is 2. The molecular formula is C21H34N2O4. The molecule has 1 atom stereocenters. The third kappa shape index (κ3) is 9.87. The minimum Gasteiger partial charge on any atom is -0.460 e. The van der Waals surface area contributed by atoms with Gasteiger partial charge in [-0.15, -0.1) is 0 Å². The number of aryl methyl sites for hydroxylation is 2. The van der Waals surface area contributed by atoms with Crippen molar-refractivity contribution in [2.45, 2.75) is 85.0 Å². The van der Waals surface area contributed by atoms with Crippen molar-refractivity contribution in [1.82, 2.24) is 5.32 Å². The maximum atomic E-state index is 12.2. The van der Waals surface area contributed by atoms with Gasteiger partial charge in [0.2, 0.25) is 0 Å². The molecule has 0 unspecified atom stereocenters. The Morgan fingerprint density at radius 1 is 1.07 bits per heavy atom. The molecule has 3 N–H and O–H groups in total. The molecule has 0 saturated carbocycles. The molecule has 0 aliphatic heterocycles. The van der Waals surface area contributed by atoms with Crippen molar-refractivity contribution in [2.75, 3.05) is 5.73 Å². The molecule has 0 spiro atoms. The van der Waals surface area contributed by atoms with Crippen LogP contribution < -0.4 is 11.1 Å². The van der Waals surface area contributed by atoms with Gasteiger partial charge in [-0.1, -0.05) is 6.07 Å². The second kappa shape index (κ2) is 9.11. The Balaban J connectivity index is 2.81. The van der Waals surface area contributed by atoms with Crippen molar-refractivity contribution in [3.63, 3.8) is 0 Å². The summed E-state index contributed by atoms with van der Waals surface area (Å²) < 4.78 is 10.7. The number of hydrogen-bond acceptors (Lipinski definition) is 5. The maximum Gasteiger partial charge on any atom is 0.407 e. The van der Waals surface area contributed by atoms with Crippen molar-refractivity contribution in [2.24, 2.45) is 0 Å².